The first-order chi connectivity index (χ1) is 20.1. The molecule has 228 valence electrons. The highest BCUT2D eigenvalue weighted by Gasteiger charge is 2.05. The van der Waals surface area contributed by atoms with Crippen molar-refractivity contribution in [1.29, 1.82) is 0 Å². The third kappa shape index (κ3) is 9.17. The Bertz CT molecular complexity index is 1460. The average molecular weight is 583 g/mol. The first-order valence-electron chi connectivity index (χ1n) is 13.8. The minimum atomic E-state index is 0. The number of hydrogen-bond acceptors (Lipinski definition) is 5. The molecule has 0 unspecified atom stereocenters. The Morgan fingerprint density at radius 1 is 0.442 bits per heavy atom. The summed E-state index contributed by atoms with van der Waals surface area (Å²) in [7, 11) is 6.62. The van der Waals surface area contributed by atoms with E-state index in [1.807, 2.05) is 37.3 Å². The third-order valence-corrected chi connectivity index (χ3v) is 7.28. The van der Waals surface area contributed by atoms with E-state index in [1.54, 1.807) is 33.5 Å². The van der Waals surface area contributed by atoms with Gasteiger partial charge in [-0.2, -0.15) is 0 Å². The summed E-state index contributed by atoms with van der Waals surface area (Å²) >= 11 is 0. The van der Waals surface area contributed by atoms with Gasteiger partial charge in [-0.1, -0.05) is 56.0 Å². The fourth-order valence-electron chi connectivity index (χ4n) is 4.53. The van der Waals surface area contributed by atoms with Crippen LogP contribution in [0.1, 0.15) is 57.5 Å². The van der Waals surface area contributed by atoms with Gasteiger partial charge in [0.05, 0.1) is 28.4 Å². The summed E-state index contributed by atoms with van der Waals surface area (Å²) < 4.78 is 21.1. The maximum absolute atomic E-state index is 9.77. The standard InChI is InChI=1S/C19H22O2.C18H20O3.CH4/c1-13-10-17(12-19(21-5)15(13)3)7-6-16-8-9-18(20-4)14(2)11-16;1-12-9-15(11-18(21-4)13(12)2)6-5-14-7-8-17(20-3)16(19)10-14;/h6-12H,1-5H3;5-11,19H,1-4H3;1H4/b7-6+;6-5-;. The van der Waals surface area contributed by atoms with Crippen LogP contribution in [0, 0.1) is 34.6 Å². The molecule has 0 saturated heterocycles. The van der Waals surface area contributed by atoms with Gasteiger partial charge in [0.25, 0.3) is 0 Å². The van der Waals surface area contributed by atoms with Crippen molar-refractivity contribution in [2.75, 3.05) is 28.4 Å². The monoisotopic (exact) mass is 582 g/mol. The second kappa shape index (κ2) is 16.1. The molecule has 0 atom stereocenters. The molecule has 4 rings (SSSR count). The predicted molar refractivity (Wildman–Crippen MR) is 182 cm³/mol. The van der Waals surface area contributed by atoms with Crippen LogP contribution in [0.25, 0.3) is 24.3 Å². The molecule has 5 nitrogen and oxygen atoms in total. The van der Waals surface area contributed by atoms with Gasteiger partial charge in [0.2, 0.25) is 0 Å². The number of phenols is 1. The molecule has 1 N–H and O–H groups in total. The highest BCUT2D eigenvalue weighted by molar-refractivity contribution is 5.73. The van der Waals surface area contributed by atoms with E-state index in [9.17, 15) is 5.11 Å². The van der Waals surface area contributed by atoms with Crippen LogP contribution in [0.5, 0.6) is 28.7 Å². The summed E-state index contributed by atoms with van der Waals surface area (Å²) in [6.45, 7) is 10.3. The molecule has 43 heavy (non-hydrogen) atoms. The smallest absolute Gasteiger partial charge is 0.160 e. The minimum Gasteiger partial charge on any atom is -0.504 e. The van der Waals surface area contributed by atoms with Crippen molar-refractivity contribution in [2.24, 2.45) is 0 Å². The molecule has 4 aromatic carbocycles. The lowest BCUT2D eigenvalue weighted by atomic mass is 10.0. The molecule has 0 aliphatic heterocycles. The molecule has 0 saturated carbocycles. The number of methoxy groups -OCH3 is 4. The molecule has 0 aliphatic carbocycles. The SMILES string of the molecule is C.COc1ccc(/C=C/c2cc(C)c(C)c(OC)c2)cc1C.COc1ccc(/C=C\c2cc(C)c(C)c(OC)c2)cc1O. The quantitative estimate of drug-likeness (QED) is 0.210. The molecule has 5 heteroatoms. The molecule has 0 heterocycles. The number of rotatable bonds is 8. The fraction of sp³-hybridized carbons (Fsp3) is 0.263. The Kier molecular flexibility index (Phi) is 13.0. The zero-order chi connectivity index (χ0) is 30.8. The molecule has 0 amide bonds. The Morgan fingerprint density at radius 3 is 1.21 bits per heavy atom. The molecule has 0 bridgehead atoms. The van der Waals surface area contributed by atoms with Gasteiger partial charge < -0.3 is 24.1 Å². The van der Waals surface area contributed by atoms with E-state index in [4.69, 9.17) is 18.9 Å². The number of benzene rings is 4. The van der Waals surface area contributed by atoms with Crippen LogP contribution in [-0.2, 0) is 0 Å². The van der Waals surface area contributed by atoms with Gasteiger partial charge in [-0.15, -0.1) is 0 Å². The normalized spacial score (nSPS) is 10.6. The number of aryl methyl sites for hydroxylation is 3. The summed E-state index contributed by atoms with van der Waals surface area (Å²) in [5, 5.41) is 9.77. The number of ether oxygens (including phenoxy) is 4. The number of hydrogen-bond donors (Lipinski definition) is 1. The fourth-order valence-corrected chi connectivity index (χ4v) is 4.53. The van der Waals surface area contributed by atoms with Crippen molar-refractivity contribution in [3.8, 4) is 28.7 Å². The Labute approximate surface area is 258 Å². The summed E-state index contributed by atoms with van der Waals surface area (Å²) in [4.78, 5) is 0. The highest BCUT2D eigenvalue weighted by atomic mass is 16.5. The van der Waals surface area contributed by atoms with Crippen molar-refractivity contribution in [2.45, 2.75) is 42.0 Å². The molecular formula is C38H46O5. The molecule has 0 aromatic heterocycles. The molecule has 0 aliphatic rings. The van der Waals surface area contributed by atoms with E-state index in [0.29, 0.717) is 5.75 Å². The summed E-state index contributed by atoms with van der Waals surface area (Å²) in [6, 6.07) is 19.8. The van der Waals surface area contributed by atoms with Crippen molar-refractivity contribution >= 4 is 24.3 Å². The highest BCUT2D eigenvalue weighted by Crippen LogP contribution is 2.29. The zero-order valence-corrected chi connectivity index (χ0v) is 26.2. The van der Waals surface area contributed by atoms with Gasteiger partial charge in [0, 0.05) is 0 Å². The average Bonchev–Trinajstić information content (AvgIpc) is 2.98. The van der Waals surface area contributed by atoms with Crippen LogP contribution in [0.15, 0.2) is 60.7 Å². The van der Waals surface area contributed by atoms with E-state index in [-0.39, 0.29) is 13.2 Å². The Hall–Kier alpha value is -4.64. The van der Waals surface area contributed by atoms with Gasteiger partial charge in [0.1, 0.15) is 17.2 Å². The molecule has 0 fully saturated rings. The predicted octanol–water partition coefficient (Wildman–Crippen LogP) is 9.63. The van der Waals surface area contributed by atoms with Gasteiger partial charge in [-0.25, -0.2) is 0 Å². The zero-order valence-electron chi connectivity index (χ0n) is 26.2. The molecule has 0 radical (unpaired) electrons. The summed E-state index contributed by atoms with van der Waals surface area (Å²) in [5.41, 5.74) is 10.2. The maximum atomic E-state index is 9.77. The van der Waals surface area contributed by atoms with Crippen LogP contribution in [0.3, 0.4) is 0 Å². The van der Waals surface area contributed by atoms with E-state index in [1.165, 1.54) is 23.8 Å². The molecule has 0 spiro atoms. The van der Waals surface area contributed by atoms with E-state index < -0.39 is 0 Å². The van der Waals surface area contributed by atoms with Gasteiger partial charge in [-0.3, -0.25) is 0 Å². The van der Waals surface area contributed by atoms with Crippen LogP contribution in [0.2, 0.25) is 0 Å². The molecular weight excluding hydrogens is 536 g/mol. The minimum absolute atomic E-state index is 0. The van der Waals surface area contributed by atoms with E-state index >= 15 is 0 Å². The van der Waals surface area contributed by atoms with Crippen molar-refractivity contribution < 1.29 is 24.1 Å². The van der Waals surface area contributed by atoms with Crippen LogP contribution >= 0.6 is 0 Å². The number of phenolic OH excluding ortho intramolecular Hbond substituents is 1. The van der Waals surface area contributed by atoms with Crippen molar-refractivity contribution in [1.82, 2.24) is 0 Å². The Morgan fingerprint density at radius 2 is 0.814 bits per heavy atom. The van der Waals surface area contributed by atoms with Gasteiger partial charge in [0.15, 0.2) is 11.5 Å². The largest absolute Gasteiger partial charge is 0.504 e. The lowest BCUT2D eigenvalue weighted by Gasteiger charge is -2.09. The first-order valence-corrected chi connectivity index (χ1v) is 13.8. The topological polar surface area (TPSA) is 57.2 Å². The van der Waals surface area contributed by atoms with Gasteiger partial charge in [-0.05, 0) is 121 Å². The number of aromatic hydroxyl groups is 1. The first kappa shape index (κ1) is 34.6. The third-order valence-electron chi connectivity index (χ3n) is 7.28. The van der Waals surface area contributed by atoms with E-state index in [2.05, 4.69) is 70.2 Å². The van der Waals surface area contributed by atoms with Crippen LogP contribution < -0.4 is 18.9 Å². The van der Waals surface area contributed by atoms with Gasteiger partial charge >= 0.3 is 0 Å². The second-order valence-corrected chi connectivity index (χ2v) is 10.2. The van der Waals surface area contributed by atoms with Crippen LogP contribution in [-0.4, -0.2) is 33.5 Å². The summed E-state index contributed by atoms with van der Waals surface area (Å²) in [5.74, 6) is 3.34. The summed E-state index contributed by atoms with van der Waals surface area (Å²) in [6.07, 6.45) is 8.16. The lowest BCUT2D eigenvalue weighted by molar-refractivity contribution is 0.373. The lowest BCUT2D eigenvalue weighted by Crippen LogP contribution is -1.91. The van der Waals surface area contributed by atoms with Crippen molar-refractivity contribution in [3.63, 3.8) is 0 Å². The maximum Gasteiger partial charge on any atom is 0.160 e. The second-order valence-electron chi connectivity index (χ2n) is 10.2. The van der Waals surface area contributed by atoms with E-state index in [0.717, 1.165) is 50.6 Å². The Balaban J connectivity index is 0.000000293. The van der Waals surface area contributed by atoms with Crippen molar-refractivity contribution in [3.05, 3.63) is 111 Å². The molecule has 4 aromatic rings. The van der Waals surface area contributed by atoms with Crippen LogP contribution in [0.4, 0.5) is 0 Å².